The first-order valence-electron chi connectivity index (χ1n) is 9.63. The van der Waals surface area contributed by atoms with Gasteiger partial charge in [0.05, 0.1) is 17.4 Å². The Morgan fingerprint density at radius 3 is 2.56 bits per heavy atom. The summed E-state index contributed by atoms with van der Waals surface area (Å²) in [4.78, 5) is 29.0. The molecule has 0 saturated carbocycles. The third kappa shape index (κ3) is 4.69. The van der Waals surface area contributed by atoms with Crippen molar-refractivity contribution >= 4 is 21.7 Å². The van der Waals surface area contributed by atoms with Gasteiger partial charge in [-0.3, -0.25) is 9.59 Å². The summed E-state index contributed by atoms with van der Waals surface area (Å²) in [6, 6.07) is 7.79. The van der Waals surface area contributed by atoms with Crippen LogP contribution in [-0.2, 0) is 26.0 Å². The van der Waals surface area contributed by atoms with E-state index in [1.165, 1.54) is 5.56 Å². The van der Waals surface area contributed by atoms with Crippen LogP contribution in [0.5, 0.6) is 0 Å². The van der Waals surface area contributed by atoms with E-state index in [1.54, 1.807) is 9.80 Å². The minimum absolute atomic E-state index is 0.00980. The van der Waals surface area contributed by atoms with Crippen molar-refractivity contribution in [1.82, 2.24) is 9.80 Å². The predicted molar refractivity (Wildman–Crippen MR) is 104 cm³/mol. The van der Waals surface area contributed by atoms with Gasteiger partial charge in [0, 0.05) is 32.1 Å². The number of amides is 2. The molecular weight excluding hydrogens is 364 g/mol. The van der Waals surface area contributed by atoms with Crippen molar-refractivity contribution in [3.63, 3.8) is 0 Å². The normalized spacial score (nSPS) is 24.4. The van der Waals surface area contributed by atoms with Crippen LogP contribution >= 0.6 is 0 Å². The van der Waals surface area contributed by atoms with Gasteiger partial charge < -0.3 is 9.80 Å². The maximum absolute atomic E-state index is 13.1. The standard InChI is InChI=1S/C20H28N2O4S/c1-3-9-22(18-8-10-27(25,26)14-18)20(24)17-11-19(23)21(13-17)12-16-6-4-15(2)5-7-16/h4-7,17-18H,3,8-14H2,1-2H3. The molecule has 6 nitrogen and oxygen atoms in total. The van der Waals surface area contributed by atoms with E-state index < -0.39 is 9.84 Å². The molecule has 2 atom stereocenters. The van der Waals surface area contributed by atoms with Gasteiger partial charge in [-0.05, 0) is 25.3 Å². The smallest absolute Gasteiger partial charge is 0.228 e. The summed E-state index contributed by atoms with van der Waals surface area (Å²) < 4.78 is 23.6. The molecule has 1 aromatic carbocycles. The van der Waals surface area contributed by atoms with Crippen molar-refractivity contribution in [3.05, 3.63) is 35.4 Å². The highest BCUT2D eigenvalue weighted by Crippen LogP contribution is 2.26. The lowest BCUT2D eigenvalue weighted by Gasteiger charge is -2.30. The van der Waals surface area contributed by atoms with E-state index in [0.717, 1.165) is 12.0 Å². The van der Waals surface area contributed by atoms with Crippen LogP contribution in [-0.4, -0.2) is 60.7 Å². The van der Waals surface area contributed by atoms with E-state index in [2.05, 4.69) is 0 Å². The molecule has 2 heterocycles. The van der Waals surface area contributed by atoms with Gasteiger partial charge in [-0.25, -0.2) is 8.42 Å². The van der Waals surface area contributed by atoms with E-state index >= 15 is 0 Å². The number of nitrogens with zero attached hydrogens (tertiary/aromatic N) is 2. The van der Waals surface area contributed by atoms with E-state index in [-0.39, 0.29) is 41.7 Å². The van der Waals surface area contributed by atoms with Crippen LogP contribution < -0.4 is 0 Å². The van der Waals surface area contributed by atoms with Crippen LogP contribution in [0.25, 0.3) is 0 Å². The fourth-order valence-corrected chi connectivity index (χ4v) is 5.70. The van der Waals surface area contributed by atoms with E-state index in [4.69, 9.17) is 0 Å². The first-order valence-corrected chi connectivity index (χ1v) is 11.5. The molecule has 0 aliphatic carbocycles. The molecule has 0 N–H and O–H groups in total. The molecule has 148 valence electrons. The number of sulfone groups is 1. The average molecular weight is 393 g/mol. The van der Waals surface area contributed by atoms with Crippen LogP contribution in [0.1, 0.15) is 37.3 Å². The van der Waals surface area contributed by atoms with Crippen LogP contribution in [0.2, 0.25) is 0 Å². The monoisotopic (exact) mass is 392 g/mol. The Morgan fingerprint density at radius 1 is 1.26 bits per heavy atom. The van der Waals surface area contributed by atoms with Gasteiger partial charge in [-0.2, -0.15) is 0 Å². The van der Waals surface area contributed by atoms with Crippen LogP contribution in [0.15, 0.2) is 24.3 Å². The Kier molecular flexibility index (Phi) is 5.89. The van der Waals surface area contributed by atoms with Gasteiger partial charge >= 0.3 is 0 Å². The molecule has 0 bridgehead atoms. The predicted octanol–water partition coefficient (Wildman–Crippen LogP) is 1.77. The molecule has 1 aromatic rings. The Labute approximate surface area is 161 Å². The van der Waals surface area contributed by atoms with Gasteiger partial charge in [0.2, 0.25) is 11.8 Å². The number of rotatable bonds is 6. The van der Waals surface area contributed by atoms with Crippen molar-refractivity contribution in [2.75, 3.05) is 24.6 Å². The van der Waals surface area contributed by atoms with Crippen molar-refractivity contribution in [2.24, 2.45) is 5.92 Å². The Morgan fingerprint density at radius 2 is 1.96 bits per heavy atom. The third-order valence-electron chi connectivity index (χ3n) is 5.45. The second-order valence-electron chi connectivity index (χ2n) is 7.75. The molecular formula is C20H28N2O4S. The molecule has 0 radical (unpaired) electrons. The lowest BCUT2D eigenvalue weighted by atomic mass is 10.0. The molecule has 2 unspecified atom stereocenters. The topological polar surface area (TPSA) is 74.8 Å². The van der Waals surface area contributed by atoms with Crippen molar-refractivity contribution in [2.45, 2.75) is 45.7 Å². The Balaban J connectivity index is 1.67. The number of aryl methyl sites for hydroxylation is 1. The van der Waals surface area contributed by atoms with Crippen LogP contribution in [0, 0.1) is 12.8 Å². The number of hydrogen-bond acceptors (Lipinski definition) is 4. The van der Waals surface area contributed by atoms with Gasteiger partial charge in [-0.15, -0.1) is 0 Å². The lowest BCUT2D eigenvalue weighted by molar-refractivity contribution is -0.137. The second kappa shape index (κ2) is 8.00. The van der Waals surface area contributed by atoms with Gasteiger partial charge in [0.25, 0.3) is 0 Å². The molecule has 2 aliphatic rings. The van der Waals surface area contributed by atoms with Crippen LogP contribution in [0.3, 0.4) is 0 Å². The van der Waals surface area contributed by atoms with E-state index in [0.29, 0.717) is 26.1 Å². The molecule has 0 aromatic heterocycles. The van der Waals surface area contributed by atoms with Gasteiger partial charge in [0.1, 0.15) is 0 Å². The molecule has 3 rings (SSSR count). The Hall–Kier alpha value is -1.89. The maximum Gasteiger partial charge on any atom is 0.228 e. The average Bonchev–Trinajstić information content (AvgIpc) is 3.16. The number of hydrogen-bond donors (Lipinski definition) is 0. The van der Waals surface area contributed by atoms with E-state index in [1.807, 2.05) is 38.1 Å². The van der Waals surface area contributed by atoms with Crippen molar-refractivity contribution in [3.8, 4) is 0 Å². The molecule has 0 spiro atoms. The fraction of sp³-hybridized carbons (Fsp3) is 0.600. The summed E-state index contributed by atoms with van der Waals surface area (Å²) in [5.74, 6) is -0.262. The molecule has 2 aliphatic heterocycles. The highest BCUT2D eigenvalue weighted by Gasteiger charge is 2.40. The zero-order chi connectivity index (χ0) is 19.6. The number of carbonyl (C=O) groups excluding carboxylic acids is 2. The molecule has 2 amide bonds. The Bertz CT molecular complexity index is 804. The minimum atomic E-state index is -3.05. The largest absolute Gasteiger partial charge is 0.338 e. The minimum Gasteiger partial charge on any atom is -0.338 e. The lowest BCUT2D eigenvalue weighted by Crippen LogP contribution is -2.45. The summed E-state index contributed by atoms with van der Waals surface area (Å²) in [7, 11) is -3.05. The van der Waals surface area contributed by atoms with E-state index in [9.17, 15) is 18.0 Å². The molecule has 2 saturated heterocycles. The number of likely N-dealkylation sites (tertiary alicyclic amines) is 1. The highest BCUT2D eigenvalue weighted by molar-refractivity contribution is 7.91. The van der Waals surface area contributed by atoms with Crippen molar-refractivity contribution < 1.29 is 18.0 Å². The molecule has 27 heavy (non-hydrogen) atoms. The molecule has 2 fully saturated rings. The number of benzene rings is 1. The summed E-state index contributed by atoms with van der Waals surface area (Å²) >= 11 is 0. The van der Waals surface area contributed by atoms with Gasteiger partial charge in [-0.1, -0.05) is 36.8 Å². The number of carbonyl (C=O) groups is 2. The fourth-order valence-electron chi connectivity index (χ4n) is 3.97. The van der Waals surface area contributed by atoms with Gasteiger partial charge in [0.15, 0.2) is 9.84 Å². The molecule has 7 heteroatoms. The second-order valence-corrected chi connectivity index (χ2v) is 9.98. The van der Waals surface area contributed by atoms with Crippen molar-refractivity contribution in [1.29, 1.82) is 0 Å². The summed E-state index contributed by atoms with van der Waals surface area (Å²) in [5, 5.41) is 0. The highest BCUT2D eigenvalue weighted by atomic mass is 32.2. The first-order chi connectivity index (χ1) is 12.8. The maximum atomic E-state index is 13.1. The third-order valence-corrected chi connectivity index (χ3v) is 7.20. The first kappa shape index (κ1) is 19.9. The summed E-state index contributed by atoms with van der Waals surface area (Å²) in [5.41, 5.74) is 2.22. The zero-order valence-electron chi connectivity index (χ0n) is 16.1. The summed E-state index contributed by atoms with van der Waals surface area (Å²) in [6.45, 7) is 5.46. The van der Waals surface area contributed by atoms with Crippen LogP contribution in [0.4, 0.5) is 0 Å². The quantitative estimate of drug-likeness (QED) is 0.739. The summed E-state index contributed by atoms with van der Waals surface area (Å²) in [6.07, 6.45) is 1.49. The zero-order valence-corrected chi connectivity index (χ0v) is 16.9. The SMILES string of the molecule is CCCN(C(=O)C1CC(=O)N(Cc2ccc(C)cc2)C1)C1CCS(=O)(=O)C1.